The minimum Gasteiger partial charge on any atom is -0.478 e. The van der Waals surface area contributed by atoms with E-state index in [2.05, 4.69) is 11.7 Å². The van der Waals surface area contributed by atoms with E-state index in [0.717, 1.165) is 12.2 Å². The molecule has 0 bridgehead atoms. The van der Waals surface area contributed by atoms with Crippen LogP contribution in [0.25, 0.3) is 0 Å². The summed E-state index contributed by atoms with van der Waals surface area (Å²) in [5, 5.41) is 27.5. The van der Waals surface area contributed by atoms with Crippen LogP contribution in [0.4, 0.5) is 0 Å². The summed E-state index contributed by atoms with van der Waals surface area (Å²) >= 11 is 0. The molecule has 2 atom stereocenters. The van der Waals surface area contributed by atoms with Crippen molar-refractivity contribution in [3.63, 3.8) is 0 Å². The topological polar surface area (TPSA) is 90.1 Å². The Morgan fingerprint density at radius 3 is 2.86 bits per heavy atom. The monoisotopic (exact) mass is 197 g/mol. The average Bonchev–Trinajstić information content (AvgIpc) is 2.40. The van der Waals surface area contributed by atoms with Crippen molar-refractivity contribution in [3.05, 3.63) is 23.9 Å². The van der Waals surface area contributed by atoms with Gasteiger partial charge in [0, 0.05) is 18.2 Å². The van der Waals surface area contributed by atoms with E-state index >= 15 is 0 Å². The predicted octanol–water partition coefficient (Wildman–Crippen LogP) is -0.293. The molecular weight excluding hydrogens is 186 g/mol. The van der Waals surface area contributed by atoms with E-state index in [-0.39, 0.29) is 6.42 Å². The van der Waals surface area contributed by atoms with Crippen molar-refractivity contribution < 1.29 is 20.1 Å². The Kier molecular flexibility index (Phi) is 2.83. The molecule has 0 fully saturated rings. The molecule has 1 aliphatic rings. The summed E-state index contributed by atoms with van der Waals surface area (Å²) in [6, 6.07) is 0. The molecule has 5 nitrogen and oxygen atoms in total. The molecule has 76 valence electrons. The summed E-state index contributed by atoms with van der Waals surface area (Å²) in [5.41, 5.74) is -1.12. The van der Waals surface area contributed by atoms with Gasteiger partial charge in [-0.15, -0.1) is 0 Å². The van der Waals surface area contributed by atoms with Crippen molar-refractivity contribution in [2.45, 2.75) is 18.1 Å². The highest BCUT2D eigenvalue weighted by atomic mass is 16.4. The third-order valence-electron chi connectivity index (χ3n) is 2.04. The van der Waals surface area contributed by atoms with E-state index in [9.17, 15) is 15.0 Å². The summed E-state index contributed by atoms with van der Waals surface area (Å²) in [5.74, 6) is -1.18. The van der Waals surface area contributed by atoms with E-state index in [4.69, 9.17) is 5.11 Å². The van der Waals surface area contributed by atoms with Crippen LogP contribution in [0, 0.1) is 0 Å². The number of aliphatic carboxylic acids is 1. The van der Waals surface area contributed by atoms with Gasteiger partial charge >= 0.3 is 5.97 Å². The van der Waals surface area contributed by atoms with Crippen LogP contribution in [0.2, 0.25) is 0 Å². The van der Waals surface area contributed by atoms with E-state index in [1.165, 1.54) is 6.08 Å². The van der Waals surface area contributed by atoms with Crippen molar-refractivity contribution in [1.29, 1.82) is 0 Å². The van der Waals surface area contributed by atoms with Crippen molar-refractivity contribution in [2.24, 2.45) is 4.99 Å². The van der Waals surface area contributed by atoms with Gasteiger partial charge in [-0.25, -0.2) is 4.79 Å². The number of rotatable bonds is 3. The van der Waals surface area contributed by atoms with Crippen LogP contribution in [0.3, 0.4) is 0 Å². The summed E-state index contributed by atoms with van der Waals surface area (Å²) in [6.07, 6.45) is 2.12. The van der Waals surface area contributed by atoms with E-state index < -0.39 is 17.7 Å². The van der Waals surface area contributed by atoms with E-state index in [1.54, 1.807) is 0 Å². The minimum atomic E-state index is -1.57. The van der Waals surface area contributed by atoms with Gasteiger partial charge in [0.25, 0.3) is 0 Å². The molecule has 0 radical (unpaired) electrons. The van der Waals surface area contributed by atoms with Crippen LogP contribution < -0.4 is 0 Å². The molecule has 5 heteroatoms. The number of carboxylic acid groups (broad SMARTS) is 1. The quantitative estimate of drug-likeness (QED) is 0.428. The lowest BCUT2D eigenvalue weighted by Gasteiger charge is -2.21. The van der Waals surface area contributed by atoms with Crippen molar-refractivity contribution in [3.8, 4) is 0 Å². The van der Waals surface area contributed by atoms with E-state index in [1.807, 2.05) is 0 Å². The highest BCUT2D eigenvalue weighted by Crippen LogP contribution is 2.31. The van der Waals surface area contributed by atoms with Gasteiger partial charge in [-0.1, -0.05) is 0 Å². The zero-order valence-corrected chi connectivity index (χ0v) is 7.42. The van der Waals surface area contributed by atoms with Gasteiger partial charge in [0.2, 0.25) is 0 Å². The zero-order valence-electron chi connectivity index (χ0n) is 7.42. The standard InChI is InChI=1S/C9H11NO4/c1-10-6-4-7(11)9(14,5-6)3-2-8(12)13/h2-4,7,11,14H,1,5H2,(H,12,13)/b3-2+/t7-,9+/m1/s1. The molecule has 1 aliphatic carbocycles. The van der Waals surface area contributed by atoms with Gasteiger partial charge in [-0.2, -0.15) is 0 Å². The Hall–Kier alpha value is -1.46. The molecule has 14 heavy (non-hydrogen) atoms. The second-order valence-corrected chi connectivity index (χ2v) is 3.10. The molecular formula is C9H11NO4. The van der Waals surface area contributed by atoms with E-state index in [0.29, 0.717) is 5.70 Å². The van der Waals surface area contributed by atoms with Crippen molar-refractivity contribution in [1.82, 2.24) is 0 Å². The van der Waals surface area contributed by atoms with Crippen LogP contribution >= 0.6 is 0 Å². The fraction of sp³-hybridized carbons (Fsp3) is 0.333. The molecule has 3 N–H and O–H groups in total. The van der Waals surface area contributed by atoms with Crippen LogP contribution in [0.1, 0.15) is 6.42 Å². The highest BCUT2D eigenvalue weighted by Gasteiger charge is 2.38. The molecule has 0 amide bonds. The summed E-state index contributed by atoms with van der Waals surface area (Å²) < 4.78 is 0. The van der Waals surface area contributed by atoms with Gasteiger partial charge in [-0.3, -0.25) is 4.99 Å². The molecule has 0 aromatic rings. The number of hydrogen-bond donors (Lipinski definition) is 3. The van der Waals surface area contributed by atoms with Crippen LogP contribution in [0.5, 0.6) is 0 Å². The number of carbonyl (C=O) groups is 1. The van der Waals surface area contributed by atoms with Gasteiger partial charge in [0.15, 0.2) is 0 Å². The van der Waals surface area contributed by atoms with Gasteiger partial charge in [0.1, 0.15) is 11.7 Å². The Labute approximate surface area is 80.7 Å². The Bertz CT molecular complexity index is 321. The normalized spacial score (nSPS) is 31.9. The molecule has 0 unspecified atom stereocenters. The zero-order chi connectivity index (χ0) is 10.8. The molecule has 1 rings (SSSR count). The first-order chi connectivity index (χ1) is 6.48. The fourth-order valence-corrected chi connectivity index (χ4v) is 1.26. The second-order valence-electron chi connectivity index (χ2n) is 3.10. The third-order valence-corrected chi connectivity index (χ3v) is 2.04. The lowest BCUT2D eigenvalue weighted by atomic mass is 9.98. The Morgan fingerprint density at radius 2 is 2.43 bits per heavy atom. The average molecular weight is 197 g/mol. The van der Waals surface area contributed by atoms with Crippen LogP contribution in [-0.4, -0.2) is 39.7 Å². The maximum absolute atomic E-state index is 10.2. The number of aliphatic hydroxyl groups excluding tert-OH is 1. The summed E-state index contributed by atoms with van der Waals surface area (Å²) in [4.78, 5) is 13.8. The number of aliphatic imine (C=N–C) groups is 1. The van der Waals surface area contributed by atoms with Crippen molar-refractivity contribution >= 4 is 12.7 Å². The number of carboxylic acids is 1. The molecule has 0 aromatic heterocycles. The van der Waals surface area contributed by atoms with Crippen molar-refractivity contribution in [2.75, 3.05) is 0 Å². The summed E-state index contributed by atoms with van der Waals surface area (Å²) in [6.45, 7) is 3.26. The molecule has 0 aliphatic heterocycles. The SMILES string of the molecule is C=NC1=C[C@@H](O)[C@](O)(/C=C/C(=O)O)C1. The van der Waals surface area contributed by atoms with Gasteiger partial charge in [0.05, 0.1) is 0 Å². The first-order valence-corrected chi connectivity index (χ1v) is 3.98. The molecule has 0 heterocycles. The number of hydrogen-bond acceptors (Lipinski definition) is 4. The maximum atomic E-state index is 10.2. The first kappa shape index (κ1) is 10.6. The molecule has 0 spiro atoms. The third kappa shape index (κ3) is 2.07. The lowest BCUT2D eigenvalue weighted by Crippen LogP contribution is -2.35. The smallest absolute Gasteiger partial charge is 0.328 e. The predicted molar refractivity (Wildman–Crippen MR) is 50.0 cm³/mol. The maximum Gasteiger partial charge on any atom is 0.328 e. The largest absolute Gasteiger partial charge is 0.478 e. The van der Waals surface area contributed by atoms with Crippen LogP contribution in [0.15, 0.2) is 28.9 Å². The fourth-order valence-electron chi connectivity index (χ4n) is 1.26. The Balaban J connectivity index is 2.79. The number of nitrogens with zero attached hydrogens (tertiary/aromatic N) is 1. The highest BCUT2D eigenvalue weighted by molar-refractivity contribution is 5.80. The minimum absolute atomic E-state index is 0.0709. The molecule has 0 saturated carbocycles. The number of aliphatic hydroxyl groups is 2. The van der Waals surface area contributed by atoms with Crippen LogP contribution in [-0.2, 0) is 4.79 Å². The Morgan fingerprint density at radius 1 is 1.79 bits per heavy atom. The molecule has 0 aromatic carbocycles. The van der Waals surface area contributed by atoms with Gasteiger partial charge < -0.3 is 15.3 Å². The first-order valence-electron chi connectivity index (χ1n) is 3.98. The second kappa shape index (κ2) is 3.73. The van der Waals surface area contributed by atoms with Gasteiger partial charge in [-0.05, 0) is 18.9 Å². The lowest BCUT2D eigenvalue weighted by molar-refractivity contribution is -0.131. The molecule has 0 saturated heterocycles. The summed E-state index contributed by atoms with van der Waals surface area (Å²) in [7, 11) is 0.